The average molecular weight is 224 g/mol. The highest BCUT2D eigenvalue weighted by molar-refractivity contribution is 4.81. The Morgan fingerprint density at radius 2 is 1.19 bits per heavy atom. The van der Waals surface area contributed by atoms with Crippen LogP contribution in [0.1, 0.15) is 64.7 Å². The van der Waals surface area contributed by atoms with E-state index >= 15 is 0 Å². The third-order valence-corrected chi connectivity index (χ3v) is 5.29. The van der Waals surface area contributed by atoms with Crippen LogP contribution in [0.2, 0.25) is 0 Å². The number of aliphatic hydroxyl groups excluding tert-OH is 1. The Kier molecular flexibility index (Phi) is 4.69. The van der Waals surface area contributed by atoms with Gasteiger partial charge in [-0.05, 0) is 62.2 Å². The number of rotatable bonds is 3. The maximum atomic E-state index is 9.15. The zero-order valence-electron chi connectivity index (χ0n) is 10.8. The fourth-order valence-corrected chi connectivity index (χ4v) is 3.91. The highest BCUT2D eigenvalue weighted by Gasteiger charge is 2.30. The van der Waals surface area contributed by atoms with Gasteiger partial charge in [0, 0.05) is 6.61 Å². The summed E-state index contributed by atoms with van der Waals surface area (Å²) in [5.74, 6) is 3.69. The van der Waals surface area contributed by atoms with Crippen LogP contribution < -0.4 is 0 Å². The van der Waals surface area contributed by atoms with Gasteiger partial charge in [-0.2, -0.15) is 0 Å². The minimum atomic E-state index is 0.426. The molecule has 2 rings (SSSR count). The van der Waals surface area contributed by atoms with Crippen LogP contribution in [0.4, 0.5) is 0 Å². The summed E-state index contributed by atoms with van der Waals surface area (Å²) in [5, 5.41) is 9.15. The molecule has 0 aliphatic heterocycles. The Morgan fingerprint density at radius 3 is 1.56 bits per heavy atom. The molecule has 0 heterocycles. The second-order valence-electron chi connectivity index (χ2n) is 6.15. The van der Waals surface area contributed by atoms with E-state index in [1.807, 2.05) is 0 Å². The maximum Gasteiger partial charge on any atom is 0.0459 e. The van der Waals surface area contributed by atoms with Crippen LogP contribution in [0.15, 0.2) is 0 Å². The summed E-state index contributed by atoms with van der Waals surface area (Å²) < 4.78 is 0. The lowest BCUT2D eigenvalue weighted by molar-refractivity contribution is 0.116. The van der Waals surface area contributed by atoms with Crippen molar-refractivity contribution in [1.82, 2.24) is 0 Å². The third-order valence-electron chi connectivity index (χ3n) is 5.29. The predicted molar refractivity (Wildman–Crippen MR) is 68.3 cm³/mol. The van der Waals surface area contributed by atoms with Crippen LogP contribution in [-0.2, 0) is 0 Å². The number of hydrogen-bond donors (Lipinski definition) is 1. The Bertz CT molecular complexity index is 164. The normalized spacial score (nSPS) is 40.9. The van der Waals surface area contributed by atoms with Gasteiger partial charge in [-0.3, -0.25) is 0 Å². The van der Waals surface area contributed by atoms with Crippen molar-refractivity contribution in [2.24, 2.45) is 23.7 Å². The van der Waals surface area contributed by atoms with Crippen LogP contribution in [-0.4, -0.2) is 11.7 Å². The molecule has 0 spiro atoms. The van der Waals surface area contributed by atoms with E-state index in [-0.39, 0.29) is 0 Å². The molecule has 94 valence electrons. The second-order valence-corrected chi connectivity index (χ2v) is 6.15. The molecule has 2 aliphatic carbocycles. The summed E-state index contributed by atoms with van der Waals surface area (Å²) >= 11 is 0. The first kappa shape index (κ1) is 12.4. The van der Waals surface area contributed by atoms with Crippen molar-refractivity contribution in [1.29, 1.82) is 0 Å². The van der Waals surface area contributed by atoms with Crippen molar-refractivity contribution in [2.45, 2.75) is 64.7 Å². The van der Waals surface area contributed by atoms with Gasteiger partial charge < -0.3 is 5.11 Å². The standard InChI is InChI=1S/C15H28O/c1-2-12-3-7-14(8-4-12)15-9-5-13(11-16)6-10-15/h12-16H,2-11H2,1H3/t12-,13-,14-,15-. The first-order valence-electron chi connectivity index (χ1n) is 7.44. The first-order valence-corrected chi connectivity index (χ1v) is 7.44. The summed E-state index contributed by atoms with van der Waals surface area (Å²) in [6, 6.07) is 0. The van der Waals surface area contributed by atoms with Crippen molar-refractivity contribution in [3.05, 3.63) is 0 Å². The monoisotopic (exact) mass is 224 g/mol. The summed E-state index contributed by atoms with van der Waals surface area (Å²) in [4.78, 5) is 0. The van der Waals surface area contributed by atoms with Crippen molar-refractivity contribution in [3.63, 3.8) is 0 Å². The van der Waals surface area contributed by atoms with Crippen LogP contribution in [0.25, 0.3) is 0 Å². The van der Waals surface area contributed by atoms with Gasteiger partial charge in [0.25, 0.3) is 0 Å². The fraction of sp³-hybridized carbons (Fsp3) is 1.00. The Labute approximate surface area is 101 Å². The van der Waals surface area contributed by atoms with Gasteiger partial charge >= 0.3 is 0 Å². The molecular weight excluding hydrogens is 196 g/mol. The van der Waals surface area contributed by atoms with Crippen molar-refractivity contribution >= 4 is 0 Å². The lowest BCUT2D eigenvalue weighted by Crippen LogP contribution is -2.26. The lowest BCUT2D eigenvalue weighted by atomic mass is 9.69. The van der Waals surface area contributed by atoms with E-state index in [1.54, 1.807) is 0 Å². The van der Waals surface area contributed by atoms with Gasteiger partial charge in [0.2, 0.25) is 0 Å². The molecule has 0 saturated heterocycles. The van der Waals surface area contributed by atoms with E-state index in [2.05, 4.69) is 6.92 Å². The smallest absolute Gasteiger partial charge is 0.0459 e. The number of aliphatic hydroxyl groups is 1. The molecule has 0 aromatic heterocycles. The molecule has 0 atom stereocenters. The molecule has 2 aliphatic rings. The van der Waals surface area contributed by atoms with Gasteiger partial charge in [0.15, 0.2) is 0 Å². The van der Waals surface area contributed by atoms with Crippen LogP contribution >= 0.6 is 0 Å². The first-order chi connectivity index (χ1) is 7.83. The summed E-state index contributed by atoms with van der Waals surface area (Å²) in [7, 11) is 0. The largest absolute Gasteiger partial charge is 0.396 e. The Hall–Kier alpha value is -0.0400. The van der Waals surface area contributed by atoms with Crippen LogP contribution in [0.5, 0.6) is 0 Å². The Balaban J connectivity index is 1.73. The van der Waals surface area contributed by atoms with Crippen molar-refractivity contribution < 1.29 is 5.11 Å². The zero-order valence-corrected chi connectivity index (χ0v) is 10.8. The molecule has 0 aromatic rings. The van der Waals surface area contributed by atoms with Gasteiger partial charge in [0.05, 0.1) is 0 Å². The summed E-state index contributed by atoms with van der Waals surface area (Å²) in [6.45, 7) is 2.77. The molecule has 16 heavy (non-hydrogen) atoms. The highest BCUT2D eigenvalue weighted by Crippen LogP contribution is 2.41. The SMILES string of the molecule is CC[C@H]1CC[C@H]([C@H]2CC[C@H](CO)CC2)CC1. The quantitative estimate of drug-likeness (QED) is 0.768. The van der Waals surface area contributed by atoms with Crippen molar-refractivity contribution in [2.75, 3.05) is 6.61 Å². The minimum Gasteiger partial charge on any atom is -0.396 e. The maximum absolute atomic E-state index is 9.15. The van der Waals surface area contributed by atoms with Crippen LogP contribution in [0.3, 0.4) is 0 Å². The predicted octanol–water partition coefficient (Wildman–Crippen LogP) is 4.00. The molecule has 1 nitrogen and oxygen atoms in total. The molecule has 0 radical (unpaired) electrons. The van der Waals surface area contributed by atoms with E-state index in [4.69, 9.17) is 5.11 Å². The van der Waals surface area contributed by atoms with E-state index in [1.165, 1.54) is 57.8 Å². The topological polar surface area (TPSA) is 20.2 Å². The molecule has 0 amide bonds. The van der Waals surface area contributed by atoms with E-state index in [0.717, 1.165) is 17.8 Å². The minimum absolute atomic E-state index is 0.426. The fourth-order valence-electron chi connectivity index (χ4n) is 3.91. The molecule has 2 fully saturated rings. The molecule has 2 saturated carbocycles. The Morgan fingerprint density at radius 1 is 0.750 bits per heavy atom. The van der Waals surface area contributed by atoms with Crippen LogP contribution in [0, 0.1) is 23.7 Å². The molecule has 0 aromatic carbocycles. The zero-order chi connectivity index (χ0) is 11.4. The third kappa shape index (κ3) is 3.00. The molecule has 0 bridgehead atoms. The number of hydrogen-bond acceptors (Lipinski definition) is 1. The van der Waals surface area contributed by atoms with E-state index in [0.29, 0.717) is 12.5 Å². The molecule has 1 N–H and O–H groups in total. The molecule has 1 heteroatoms. The lowest BCUT2D eigenvalue weighted by Gasteiger charge is -2.37. The van der Waals surface area contributed by atoms with E-state index < -0.39 is 0 Å². The second kappa shape index (κ2) is 6.05. The van der Waals surface area contributed by atoms with Gasteiger partial charge in [-0.1, -0.05) is 26.2 Å². The molecule has 0 unspecified atom stereocenters. The van der Waals surface area contributed by atoms with Gasteiger partial charge in [0.1, 0.15) is 0 Å². The summed E-state index contributed by atoms with van der Waals surface area (Å²) in [5.41, 5.74) is 0. The van der Waals surface area contributed by atoms with E-state index in [9.17, 15) is 0 Å². The molecular formula is C15H28O. The highest BCUT2D eigenvalue weighted by atomic mass is 16.3. The van der Waals surface area contributed by atoms with Crippen molar-refractivity contribution in [3.8, 4) is 0 Å². The average Bonchev–Trinajstić information content (AvgIpc) is 2.39. The summed E-state index contributed by atoms with van der Waals surface area (Å²) in [6.07, 6.45) is 12.7. The van der Waals surface area contributed by atoms with Gasteiger partial charge in [-0.15, -0.1) is 0 Å². The van der Waals surface area contributed by atoms with Gasteiger partial charge in [-0.25, -0.2) is 0 Å².